The average molecular weight is 338 g/mol. The van der Waals surface area contributed by atoms with Crippen LogP contribution < -0.4 is 0 Å². The third-order valence-corrected chi connectivity index (χ3v) is 6.33. The van der Waals surface area contributed by atoms with Crippen LogP contribution in [0.1, 0.15) is 43.5 Å². The van der Waals surface area contributed by atoms with Gasteiger partial charge in [-0.2, -0.15) is 0 Å². The summed E-state index contributed by atoms with van der Waals surface area (Å²) in [7, 11) is -3.45. The van der Waals surface area contributed by atoms with Crippen molar-refractivity contribution in [3.05, 3.63) is 29.5 Å². The SMILES string of the molecule is CC1(C)[C@H]2CC=C(CCOC(=O)c3coc(S(C)(=O)=O)c3)[C@@H]1C2. The van der Waals surface area contributed by atoms with E-state index in [2.05, 4.69) is 19.9 Å². The zero-order valence-electron chi connectivity index (χ0n) is 13.7. The van der Waals surface area contributed by atoms with Gasteiger partial charge in [0.2, 0.25) is 14.9 Å². The molecule has 1 aromatic rings. The van der Waals surface area contributed by atoms with Crippen LogP contribution in [-0.2, 0) is 14.6 Å². The van der Waals surface area contributed by atoms with E-state index in [0.29, 0.717) is 17.9 Å². The van der Waals surface area contributed by atoms with Crippen LogP contribution in [0.3, 0.4) is 0 Å². The maximum absolute atomic E-state index is 11.9. The first-order valence-electron chi connectivity index (χ1n) is 7.84. The Morgan fingerprint density at radius 1 is 1.43 bits per heavy atom. The molecule has 0 radical (unpaired) electrons. The minimum Gasteiger partial charge on any atom is -0.462 e. The minimum atomic E-state index is -3.45. The van der Waals surface area contributed by atoms with Crippen molar-refractivity contribution in [2.24, 2.45) is 17.3 Å². The van der Waals surface area contributed by atoms with Gasteiger partial charge in [-0.3, -0.25) is 0 Å². The Labute approximate surface area is 136 Å². The lowest BCUT2D eigenvalue weighted by Gasteiger charge is -2.56. The zero-order chi connectivity index (χ0) is 16.8. The van der Waals surface area contributed by atoms with Crippen molar-refractivity contribution in [1.82, 2.24) is 0 Å². The summed E-state index contributed by atoms with van der Waals surface area (Å²) in [4.78, 5) is 11.9. The molecule has 2 atom stereocenters. The van der Waals surface area contributed by atoms with Crippen molar-refractivity contribution in [1.29, 1.82) is 0 Å². The van der Waals surface area contributed by atoms with E-state index in [-0.39, 0.29) is 10.7 Å². The summed E-state index contributed by atoms with van der Waals surface area (Å²) in [5.74, 6) is 0.843. The summed E-state index contributed by atoms with van der Waals surface area (Å²) in [6.45, 7) is 4.92. The molecule has 6 heteroatoms. The summed E-state index contributed by atoms with van der Waals surface area (Å²) in [5, 5.41) is -0.221. The third kappa shape index (κ3) is 2.96. The van der Waals surface area contributed by atoms with E-state index in [1.54, 1.807) is 0 Å². The molecule has 0 N–H and O–H groups in total. The second kappa shape index (κ2) is 5.51. The van der Waals surface area contributed by atoms with Crippen molar-refractivity contribution in [3.63, 3.8) is 0 Å². The largest absolute Gasteiger partial charge is 0.462 e. The Hall–Kier alpha value is -1.56. The van der Waals surface area contributed by atoms with Gasteiger partial charge in [0, 0.05) is 18.7 Å². The molecule has 2 bridgehead atoms. The number of carbonyl (C=O) groups excluding carboxylic acids is 1. The molecular weight excluding hydrogens is 316 g/mol. The summed E-state index contributed by atoms with van der Waals surface area (Å²) in [6.07, 6.45) is 7.54. The van der Waals surface area contributed by atoms with E-state index in [1.807, 2.05) is 0 Å². The molecule has 0 spiro atoms. The Morgan fingerprint density at radius 3 is 2.74 bits per heavy atom. The van der Waals surface area contributed by atoms with E-state index >= 15 is 0 Å². The monoisotopic (exact) mass is 338 g/mol. The van der Waals surface area contributed by atoms with E-state index in [1.165, 1.54) is 18.1 Å². The molecule has 4 rings (SSSR count). The maximum Gasteiger partial charge on any atom is 0.341 e. The van der Waals surface area contributed by atoms with E-state index in [9.17, 15) is 13.2 Å². The minimum absolute atomic E-state index is 0.132. The number of fused-ring (bicyclic) bond motifs is 1. The van der Waals surface area contributed by atoms with Crippen molar-refractivity contribution in [2.75, 3.05) is 12.9 Å². The van der Waals surface area contributed by atoms with Gasteiger partial charge in [0.1, 0.15) is 6.26 Å². The first kappa shape index (κ1) is 16.3. The lowest BCUT2D eigenvalue weighted by atomic mass is 9.48. The third-order valence-electron chi connectivity index (χ3n) is 5.38. The number of sulfone groups is 1. The molecule has 1 aromatic heterocycles. The molecular formula is C17H22O5S. The first-order chi connectivity index (χ1) is 10.7. The number of rotatable bonds is 5. The molecule has 1 saturated carbocycles. The van der Waals surface area contributed by atoms with Crippen LogP contribution in [0, 0.1) is 17.3 Å². The fourth-order valence-electron chi connectivity index (χ4n) is 3.72. The second-order valence-corrected chi connectivity index (χ2v) is 9.08. The van der Waals surface area contributed by atoms with Crippen LogP contribution in [0.25, 0.3) is 0 Å². The fraction of sp³-hybridized carbons (Fsp3) is 0.588. The van der Waals surface area contributed by atoms with Crippen molar-refractivity contribution < 1.29 is 22.4 Å². The number of ether oxygens (including phenoxy) is 1. The molecule has 0 unspecified atom stereocenters. The number of hydrogen-bond acceptors (Lipinski definition) is 5. The summed E-state index contributed by atoms with van der Waals surface area (Å²) in [6, 6.07) is 1.21. The number of hydrogen-bond donors (Lipinski definition) is 0. The van der Waals surface area contributed by atoms with Crippen molar-refractivity contribution >= 4 is 15.8 Å². The summed E-state index contributed by atoms with van der Waals surface area (Å²) < 4.78 is 32.8. The van der Waals surface area contributed by atoms with Gasteiger partial charge in [-0.15, -0.1) is 0 Å². The number of esters is 1. The molecule has 1 heterocycles. The van der Waals surface area contributed by atoms with Gasteiger partial charge in [0.15, 0.2) is 0 Å². The molecule has 0 amide bonds. The molecule has 126 valence electrons. The van der Waals surface area contributed by atoms with E-state index < -0.39 is 15.8 Å². The van der Waals surface area contributed by atoms with Crippen molar-refractivity contribution in [2.45, 2.75) is 38.2 Å². The predicted molar refractivity (Wildman–Crippen MR) is 84.8 cm³/mol. The Kier molecular flexibility index (Phi) is 3.91. The second-order valence-electron chi connectivity index (χ2n) is 7.13. The standard InChI is InChI=1S/C17H22O5S/c1-17(2)13-5-4-11(14(17)9-13)6-7-21-16(18)12-8-15(22-10-12)23(3,19)20/h4,8,10,13-14H,5-7,9H2,1-3H3/t13-,14-/m0/s1. The Bertz CT molecular complexity index is 754. The van der Waals surface area contributed by atoms with Gasteiger partial charge in [-0.1, -0.05) is 25.5 Å². The fourth-order valence-corrected chi connectivity index (χ4v) is 4.28. The molecule has 0 aliphatic heterocycles. The Balaban J connectivity index is 1.54. The van der Waals surface area contributed by atoms with Crippen LogP contribution in [0.15, 0.2) is 33.5 Å². The molecule has 0 saturated heterocycles. The molecule has 3 aliphatic carbocycles. The number of furan rings is 1. The van der Waals surface area contributed by atoms with Crippen LogP contribution in [-0.4, -0.2) is 27.2 Å². The van der Waals surface area contributed by atoms with Gasteiger partial charge >= 0.3 is 5.97 Å². The quantitative estimate of drug-likeness (QED) is 0.609. The van der Waals surface area contributed by atoms with E-state index in [0.717, 1.165) is 31.3 Å². The highest BCUT2D eigenvalue weighted by atomic mass is 32.2. The zero-order valence-corrected chi connectivity index (χ0v) is 14.5. The maximum atomic E-state index is 11.9. The molecule has 0 aromatic carbocycles. The van der Waals surface area contributed by atoms with E-state index in [4.69, 9.17) is 9.15 Å². The van der Waals surface area contributed by atoms with Gasteiger partial charge in [-0.25, -0.2) is 13.2 Å². The van der Waals surface area contributed by atoms with Crippen molar-refractivity contribution in [3.8, 4) is 0 Å². The lowest BCUT2D eigenvalue weighted by molar-refractivity contribution is -0.0103. The van der Waals surface area contributed by atoms with Gasteiger partial charge in [-0.05, 0) is 30.1 Å². The summed E-state index contributed by atoms with van der Waals surface area (Å²) in [5.41, 5.74) is 1.88. The van der Waals surface area contributed by atoms with Gasteiger partial charge in [0.25, 0.3) is 0 Å². The highest BCUT2D eigenvalue weighted by Gasteiger charge is 2.50. The first-order valence-corrected chi connectivity index (χ1v) is 9.73. The van der Waals surface area contributed by atoms with Crippen LogP contribution in [0.5, 0.6) is 0 Å². The van der Waals surface area contributed by atoms with Crippen LogP contribution in [0.2, 0.25) is 0 Å². The van der Waals surface area contributed by atoms with Crippen LogP contribution in [0.4, 0.5) is 0 Å². The summed E-state index contributed by atoms with van der Waals surface area (Å²) >= 11 is 0. The van der Waals surface area contributed by atoms with Crippen LogP contribution >= 0.6 is 0 Å². The molecule has 5 nitrogen and oxygen atoms in total. The number of carbonyl (C=O) groups is 1. The molecule has 1 fully saturated rings. The number of allylic oxidation sites excluding steroid dienone is 1. The normalized spacial score (nSPS) is 25.4. The smallest absolute Gasteiger partial charge is 0.341 e. The predicted octanol–water partition coefficient (Wildman–Crippen LogP) is 3.22. The van der Waals surface area contributed by atoms with Gasteiger partial charge in [0.05, 0.1) is 12.2 Å². The Morgan fingerprint density at radius 2 is 2.17 bits per heavy atom. The highest BCUT2D eigenvalue weighted by molar-refractivity contribution is 7.90. The highest BCUT2D eigenvalue weighted by Crippen LogP contribution is 2.59. The van der Waals surface area contributed by atoms with Gasteiger partial charge < -0.3 is 9.15 Å². The average Bonchev–Trinajstić information content (AvgIpc) is 2.97. The molecule has 3 aliphatic rings. The molecule has 23 heavy (non-hydrogen) atoms. The lowest BCUT2D eigenvalue weighted by Crippen LogP contribution is -2.48. The topological polar surface area (TPSA) is 73.6 Å².